The number of hydrogen-bond acceptors (Lipinski definition) is 7. The molecule has 1 saturated heterocycles. The summed E-state index contributed by atoms with van der Waals surface area (Å²) in [6.07, 6.45) is -3.93. The molecule has 1 amide bonds. The van der Waals surface area contributed by atoms with E-state index >= 15 is 0 Å². The van der Waals surface area contributed by atoms with Crippen molar-refractivity contribution in [1.29, 1.82) is 0 Å². The minimum Gasteiger partial charge on any atom is -0.491 e. The number of H-pyrrole nitrogens is 1. The zero-order valence-electron chi connectivity index (χ0n) is 18.8. The molecule has 0 spiro atoms. The summed E-state index contributed by atoms with van der Waals surface area (Å²) in [5, 5.41) is 15.3. The zero-order chi connectivity index (χ0) is 24.6. The molecule has 13 heteroatoms. The molecular weight excluding hydrogens is 467 g/mol. The third-order valence-corrected chi connectivity index (χ3v) is 6.04. The number of nitrogens with zero attached hydrogens (tertiary/aromatic N) is 6. The van der Waals surface area contributed by atoms with E-state index in [4.69, 9.17) is 9.84 Å². The topological polar surface area (TPSA) is 112 Å². The van der Waals surface area contributed by atoms with Gasteiger partial charge in [-0.1, -0.05) is 0 Å². The Hall–Kier alpha value is -3.45. The number of carbonyl (C=O) groups excluding carboxylic acids is 1. The fraction of sp³-hybridized carbons (Fsp3) is 0.455. The van der Waals surface area contributed by atoms with Crippen molar-refractivity contribution in [1.82, 2.24) is 34.5 Å². The Kier molecular flexibility index (Phi) is 6.19. The SMILES string of the molecule is O=C(c1ccc2c(c1)-c1nc(-c3n[nH]c(CC(F)(F)F)n3)cn1CCO2)N1CCN(CCO)CC1. The van der Waals surface area contributed by atoms with Gasteiger partial charge in [-0.2, -0.15) is 18.3 Å². The Bertz CT molecular complexity index is 1220. The van der Waals surface area contributed by atoms with E-state index in [1.807, 2.05) is 4.57 Å². The highest BCUT2D eigenvalue weighted by Crippen LogP contribution is 2.34. The number of fused-ring (bicyclic) bond motifs is 3. The molecule has 2 N–H and O–H groups in total. The molecule has 2 aliphatic heterocycles. The van der Waals surface area contributed by atoms with Gasteiger partial charge >= 0.3 is 6.18 Å². The van der Waals surface area contributed by atoms with Gasteiger partial charge in [0.05, 0.1) is 18.7 Å². The first kappa shape index (κ1) is 23.3. The van der Waals surface area contributed by atoms with Crippen LogP contribution in [0.25, 0.3) is 22.9 Å². The molecule has 35 heavy (non-hydrogen) atoms. The normalized spacial score (nSPS) is 16.4. The zero-order valence-corrected chi connectivity index (χ0v) is 18.8. The summed E-state index contributed by atoms with van der Waals surface area (Å²) in [6.45, 7) is 4.03. The second-order valence-electron chi connectivity index (χ2n) is 8.46. The quantitative estimate of drug-likeness (QED) is 0.557. The fourth-order valence-corrected chi connectivity index (χ4v) is 4.30. The van der Waals surface area contributed by atoms with Crippen LogP contribution in [0, 0.1) is 0 Å². The Morgan fingerprint density at radius 3 is 2.69 bits per heavy atom. The number of nitrogens with one attached hydrogen (secondary N) is 1. The molecular formula is C22H24F3N7O3. The number of aromatic amines is 1. The number of alkyl halides is 3. The smallest absolute Gasteiger partial charge is 0.396 e. The van der Waals surface area contributed by atoms with Gasteiger partial charge in [-0.05, 0) is 18.2 Å². The number of hydrogen-bond donors (Lipinski definition) is 2. The summed E-state index contributed by atoms with van der Waals surface area (Å²) in [5.41, 5.74) is 1.44. The number of carbonyl (C=O) groups is 1. The summed E-state index contributed by atoms with van der Waals surface area (Å²) in [4.78, 5) is 25.6. The Morgan fingerprint density at radius 2 is 1.94 bits per heavy atom. The summed E-state index contributed by atoms with van der Waals surface area (Å²) >= 11 is 0. The number of aliphatic hydroxyl groups excluding tert-OH is 1. The first-order chi connectivity index (χ1) is 16.8. The van der Waals surface area contributed by atoms with Crippen molar-refractivity contribution in [2.75, 3.05) is 45.9 Å². The lowest BCUT2D eigenvalue weighted by Crippen LogP contribution is -2.49. The predicted molar refractivity (Wildman–Crippen MR) is 118 cm³/mol. The van der Waals surface area contributed by atoms with Crippen LogP contribution in [0.15, 0.2) is 24.4 Å². The van der Waals surface area contributed by atoms with Crippen molar-refractivity contribution in [3.8, 4) is 28.7 Å². The number of benzene rings is 1. The van der Waals surface area contributed by atoms with Crippen molar-refractivity contribution in [3.05, 3.63) is 35.8 Å². The van der Waals surface area contributed by atoms with Gasteiger partial charge in [-0.25, -0.2) is 9.97 Å². The standard InChI is InChI=1S/C22H24F3N7O3/c23-22(24,25)12-18-27-19(29-28-18)16-13-32-8-10-35-17-2-1-14(11-15(17)20(32)26-16)21(34)31-5-3-30(4-6-31)7-9-33/h1-2,11,13,33H,3-10,12H2,(H,27,28,29). The number of ether oxygens (including phenoxy) is 1. The Labute approximate surface area is 198 Å². The molecule has 2 aromatic heterocycles. The molecule has 0 unspecified atom stereocenters. The van der Waals surface area contributed by atoms with Gasteiger partial charge in [0.15, 0.2) is 0 Å². The number of aromatic nitrogens is 5. The number of piperazine rings is 1. The number of aliphatic hydroxyl groups is 1. The third-order valence-electron chi connectivity index (χ3n) is 6.04. The second kappa shape index (κ2) is 9.30. The van der Waals surface area contributed by atoms with E-state index in [1.54, 1.807) is 29.3 Å². The molecule has 0 saturated carbocycles. The average Bonchev–Trinajstić information content (AvgIpc) is 3.42. The molecule has 0 radical (unpaired) electrons. The first-order valence-electron chi connectivity index (χ1n) is 11.3. The molecule has 1 aromatic carbocycles. The maximum absolute atomic E-state index is 13.2. The molecule has 186 valence electrons. The lowest BCUT2D eigenvalue weighted by molar-refractivity contribution is -0.128. The van der Waals surface area contributed by atoms with Crippen LogP contribution in [-0.4, -0.2) is 97.7 Å². The monoisotopic (exact) mass is 491 g/mol. The van der Waals surface area contributed by atoms with Crippen molar-refractivity contribution < 1.29 is 27.8 Å². The maximum Gasteiger partial charge on any atom is 0.396 e. The summed E-state index contributed by atoms with van der Waals surface area (Å²) in [7, 11) is 0. The fourth-order valence-electron chi connectivity index (χ4n) is 4.30. The summed E-state index contributed by atoms with van der Waals surface area (Å²) in [5.74, 6) is 0.770. The lowest BCUT2D eigenvalue weighted by atomic mass is 10.1. The van der Waals surface area contributed by atoms with Crippen LogP contribution < -0.4 is 4.74 Å². The molecule has 2 aliphatic rings. The van der Waals surface area contributed by atoms with Gasteiger partial charge in [0.1, 0.15) is 36.1 Å². The molecule has 5 rings (SSSR count). The second-order valence-corrected chi connectivity index (χ2v) is 8.46. The minimum absolute atomic E-state index is 0.0697. The highest BCUT2D eigenvalue weighted by Gasteiger charge is 2.30. The maximum atomic E-state index is 13.2. The first-order valence-corrected chi connectivity index (χ1v) is 11.3. The molecule has 10 nitrogen and oxygen atoms in total. The van der Waals surface area contributed by atoms with Crippen LogP contribution in [0.1, 0.15) is 16.2 Å². The van der Waals surface area contributed by atoms with Crippen molar-refractivity contribution in [3.63, 3.8) is 0 Å². The van der Waals surface area contributed by atoms with Gasteiger partial charge in [-0.3, -0.25) is 14.8 Å². The number of β-amino-alcohol motifs (C(OH)–C–C–N with tert-alkyl or cyclic N) is 1. The van der Waals surface area contributed by atoms with Crippen LogP contribution in [-0.2, 0) is 13.0 Å². The van der Waals surface area contributed by atoms with Crippen molar-refractivity contribution >= 4 is 5.91 Å². The molecule has 0 aliphatic carbocycles. The summed E-state index contributed by atoms with van der Waals surface area (Å²) < 4.78 is 45.7. The van der Waals surface area contributed by atoms with Crippen molar-refractivity contribution in [2.24, 2.45) is 0 Å². The Morgan fingerprint density at radius 1 is 1.14 bits per heavy atom. The van der Waals surface area contributed by atoms with E-state index < -0.39 is 12.6 Å². The van der Waals surface area contributed by atoms with Crippen molar-refractivity contribution in [2.45, 2.75) is 19.1 Å². The van der Waals surface area contributed by atoms with Crippen LogP contribution in [0.5, 0.6) is 5.75 Å². The van der Waals surface area contributed by atoms with Crippen LogP contribution >= 0.6 is 0 Å². The number of rotatable bonds is 5. The van der Waals surface area contributed by atoms with E-state index in [1.165, 1.54) is 0 Å². The largest absolute Gasteiger partial charge is 0.491 e. The minimum atomic E-state index is -4.40. The molecule has 1 fully saturated rings. The Balaban J connectivity index is 1.40. The highest BCUT2D eigenvalue weighted by atomic mass is 19.4. The molecule has 0 atom stereocenters. The highest BCUT2D eigenvalue weighted by molar-refractivity contribution is 5.96. The molecule has 0 bridgehead atoms. The average molecular weight is 491 g/mol. The van der Waals surface area contributed by atoms with E-state index in [-0.39, 0.29) is 24.2 Å². The van der Waals surface area contributed by atoms with Crippen LogP contribution in [0.3, 0.4) is 0 Å². The molecule has 4 heterocycles. The van der Waals surface area contributed by atoms with E-state index in [0.717, 1.165) is 0 Å². The number of halogens is 3. The third kappa shape index (κ3) is 5.00. The predicted octanol–water partition coefficient (Wildman–Crippen LogP) is 1.58. The van der Waals surface area contributed by atoms with Gasteiger partial charge in [-0.15, -0.1) is 0 Å². The van der Waals surface area contributed by atoms with E-state index in [0.29, 0.717) is 74.3 Å². The lowest BCUT2D eigenvalue weighted by Gasteiger charge is -2.34. The summed E-state index contributed by atoms with van der Waals surface area (Å²) in [6, 6.07) is 5.20. The number of imidazole rings is 1. The van der Waals surface area contributed by atoms with Gasteiger partial charge < -0.3 is 19.3 Å². The van der Waals surface area contributed by atoms with E-state index in [2.05, 4.69) is 25.1 Å². The van der Waals surface area contributed by atoms with Gasteiger partial charge in [0.25, 0.3) is 5.91 Å². The van der Waals surface area contributed by atoms with Gasteiger partial charge in [0.2, 0.25) is 5.82 Å². The number of amides is 1. The van der Waals surface area contributed by atoms with Crippen LogP contribution in [0.2, 0.25) is 0 Å². The van der Waals surface area contributed by atoms with Gasteiger partial charge in [0, 0.05) is 44.5 Å². The van der Waals surface area contributed by atoms with Crippen LogP contribution in [0.4, 0.5) is 13.2 Å². The molecule has 3 aromatic rings. The van der Waals surface area contributed by atoms with E-state index in [9.17, 15) is 18.0 Å².